The standard InChI is InChI=1S/C18H13FN2O3S/c1-10-16(25-18(20-10)12-4-2-3-5-13(12)19)17(22)21-11-6-7-14-15(8-11)24-9-23-14/h2-8H,9H2,1H3,(H,21,22). The van der Waals surface area contributed by atoms with Gasteiger partial charge in [-0.2, -0.15) is 0 Å². The summed E-state index contributed by atoms with van der Waals surface area (Å²) in [7, 11) is 0. The first-order chi connectivity index (χ1) is 12.1. The third kappa shape index (κ3) is 2.94. The number of rotatable bonds is 3. The number of fused-ring (bicyclic) bond motifs is 1. The largest absolute Gasteiger partial charge is 0.454 e. The Morgan fingerprint density at radius 3 is 2.84 bits per heavy atom. The van der Waals surface area contributed by atoms with E-state index >= 15 is 0 Å². The summed E-state index contributed by atoms with van der Waals surface area (Å²) in [5.74, 6) is 0.579. The van der Waals surface area contributed by atoms with Crippen LogP contribution in [0.3, 0.4) is 0 Å². The molecule has 4 rings (SSSR count). The molecule has 25 heavy (non-hydrogen) atoms. The Balaban J connectivity index is 1.60. The number of ether oxygens (including phenoxy) is 2. The van der Waals surface area contributed by atoms with E-state index in [-0.39, 0.29) is 18.5 Å². The predicted molar refractivity (Wildman–Crippen MR) is 92.8 cm³/mol. The number of nitrogens with one attached hydrogen (secondary N) is 1. The Kier molecular flexibility index (Phi) is 3.85. The minimum absolute atomic E-state index is 0.173. The average molecular weight is 356 g/mol. The molecule has 1 N–H and O–H groups in total. The van der Waals surface area contributed by atoms with E-state index in [1.807, 2.05) is 0 Å². The summed E-state index contributed by atoms with van der Waals surface area (Å²) >= 11 is 1.16. The van der Waals surface area contributed by atoms with E-state index in [0.29, 0.717) is 38.3 Å². The Morgan fingerprint density at radius 1 is 1.20 bits per heavy atom. The maximum Gasteiger partial charge on any atom is 0.267 e. The lowest BCUT2D eigenvalue weighted by atomic mass is 10.2. The molecule has 1 amide bonds. The van der Waals surface area contributed by atoms with Gasteiger partial charge < -0.3 is 14.8 Å². The van der Waals surface area contributed by atoms with Gasteiger partial charge in [0.15, 0.2) is 11.5 Å². The monoisotopic (exact) mass is 356 g/mol. The van der Waals surface area contributed by atoms with Crippen molar-refractivity contribution in [3.63, 3.8) is 0 Å². The highest BCUT2D eigenvalue weighted by molar-refractivity contribution is 7.17. The smallest absolute Gasteiger partial charge is 0.267 e. The van der Waals surface area contributed by atoms with Gasteiger partial charge in [-0.1, -0.05) is 12.1 Å². The zero-order valence-electron chi connectivity index (χ0n) is 13.2. The fraction of sp³-hybridized carbons (Fsp3) is 0.111. The topological polar surface area (TPSA) is 60.5 Å². The lowest BCUT2D eigenvalue weighted by Crippen LogP contribution is -2.11. The fourth-order valence-corrected chi connectivity index (χ4v) is 3.51. The van der Waals surface area contributed by atoms with Crippen molar-refractivity contribution < 1.29 is 18.7 Å². The molecule has 0 spiro atoms. The molecule has 2 aromatic carbocycles. The summed E-state index contributed by atoms with van der Waals surface area (Å²) in [4.78, 5) is 17.3. The van der Waals surface area contributed by atoms with E-state index in [0.717, 1.165) is 11.3 Å². The number of hydrogen-bond acceptors (Lipinski definition) is 5. The van der Waals surface area contributed by atoms with Gasteiger partial charge in [0.05, 0.1) is 5.69 Å². The number of hydrogen-bond donors (Lipinski definition) is 1. The van der Waals surface area contributed by atoms with Crippen LogP contribution in [0.15, 0.2) is 42.5 Å². The molecule has 7 heteroatoms. The first-order valence-corrected chi connectivity index (χ1v) is 8.37. The average Bonchev–Trinajstić information content (AvgIpc) is 3.21. The number of aryl methyl sites for hydroxylation is 1. The zero-order valence-corrected chi connectivity index (χ0v) is 14.0. The van der Waals surface area contributed by atoms with Crippen LogP contribution in [0.5, 0.6) is 11.5 Å². The highest BCUT2D eigenvalue weighted by atomic mass is 32.1. The molecule has 3 aromatic rings. The molecule has 1 aromatic heterocycles. The van der Waals surface area contributed by atoms with Crippen LogP contribution in [-0.2, 0) is 0 Å². The van der Waals surface area contributed by atoms with Crippen molar-refractivity contribution in [2.24, 2.45) is 0 Å². The summed E-state index contributed by atoms with van der Waals surface area (Å²) in [5.41, 5.74) is 1.54. The number of halogens is 1. The normalized spacial score (nSPS) is 12.2. The van der Waals surface area contributed by atoms with Crippen LogP contribution in [0.25, 0.3) is 10.6 Å². The van der Waals surface area contributed by atoms with Gasteiger partial charge in [-0.3, -0.25) is 4.79 Å². The molecule has 0 fully saturated rings. The maximum atomic E-state index is 13.9. The molecule has 0 bridgehead atoms. The van der Waals surface area contributed by atoms with Gasteiger partial charge in [0.2, 0.25) is 6.79 Å². The highest BCUT2D eigenvalue weighted by Crippen LogP contribution is 2.35. The zero-order chi connectivity index (χ0) is 17.4. The van der Waals surface area contributed by atoms with E-state index in [2.05, 4.69) is 10.3 Å². The van der Waals surface area contributed by atoms with Crippen LogP contribution in [-0.4, -0.2) is 17.7 Å². The van der Waals surface area contributed by atoms with E-state index in [9.17, 15) is 9.18 Å². The Morgan fingerprint density at radius 2 is 2.00 bits per heavy atom. The van der Waals surface area contributed by atoms with Crippen LogP contribution < -0.4 is 14.8 Å². The quantitative estimate of drug-likeness (QED) is 0.763. The van der Waals surface area contributed by atoms with E-state index in [1.165, 1.54) is 6.07 Å². The molecule has 0 saturated heterocycles. The molecule has 0 aliphatic carbocycles. The molecule has 1 aliphatic rings. The number of aromatic nitrogens is 1. The first-order valence-electron chi connectivity index (χ1n) is 7.55. The Hall–Kier alpha value is -2.93. The number of thiazole rings is 1. The van der Waals surface area contributed by atoms with Crippen LogP contribution in [0, 0.1) is 12.7 Å². The van der Waals surface area contributed by atoms with Crippen molar-refractivity contribution in [2.75, 3.05) is 12.1 Å². The van der Waals surface area contributed by atoms with Crippen LogP contribution in [0.4, 0.5) is 10.1 Å². The second-order valence-corrected chi connectivity index (χ2v) is 6.43. The number of carbonyl (C=O) groups is 1. The van der Waals surface area contributed by atoms with Gasteiger partial charge >= 0.3 is 0 Å². The molecule has 126 valence electrons. The number of anilines is 1. The third-order valence-electron chi connectivity index (χ3n) is 3.74. The van der Waals surface area contributed by atoms with Crippen molar-refractivity contribution in [1.82, 2.24) is 4.98 Å². The van der Waals surface area contributed by atoms with Crippen molar-refractivity contribution in [1.29, 1.82) is 0 Å². The molecule has 5 nitrogen and oxygen atoms in total. The molecular formula is C18H13FN2O3S. The van der Waals surface area contributed by atoms with Crippen LogP contribution >= 0.6 is 11.3 Å². The Bertz CT molecular complexity index is 971. The fourth-order valence-electron chi connectivity index (χ4n) is 2.52. The lowest BCUT2D eigenvalue weighted by Gasteiger charge is -2.05. The second kappa shape index (κ2) is 6.18. The minimum Gasteiger partial charge on any atom is -0.454 e. The van der Waals surface area contributed by atoms with Gasteiger partial charge in [-0.05, 0) is 31.2 Å². The molecule has 0 unspecified atom stereocenters. The number of nitrogens with zero attached hydrogens (tertiary/aromatic N) is 1. The van der Waals surface area contributed by atoms with Gasteiger partial charge in [0, 0.05) is 17.3 Å². The van der Waals surface area contributed by atoms with Gasteiger partial charge in [0.1, 0.15) is 15.7 Å². The van der Waals surface area contributed by atoms with Crippen molar-refractivity contribution in [3.05, 3.63) is 58.9 Å². The Labute approximate surface area is 147 Å². The molecular weight excluding hydrogens is 343 g/mol. The van der Waals surface area contributed by atoms with Gasteiger partial charge in [-0.25, -0.2) is 9.37 Å². The van der Waals surface area contributed by atoms with Crippen molar-refractivity contribution in [3.8, 4) is 22.1 Å². The van der Waals surface area contributed by atoms with E-state index < -0.39 is 0 Å². The summed E-state index contributed by atoms with van der Waals surface area (Å²) in [6.45, 7) is 1.90. The summed E-state index contributed by atoms with van der Waals surface area (Å²) < 4.78 is 24.5. The second-order valence-electron chi connectivity index (χ2n) is 5.44. The predicted octanol–water partition coefficient (Wildman–Crippen LogP) is 4.24. The van der Waals surface area contributed by atoms with Crippen LogP contribution in [0.1, 0.15) is 15.4 Å². The first kappa shape index (κ1) is 15.6. The van der Waals surface area contributed by atoms with Gasteiger partial charge in [0.25, 0.3) is 5.91 Å². The molecule has 0 radical (unpaired) electrons. The summed E-state index contributed by atoms with van der Waals surface area (Å²) in [6, 6.07) is 11.6. The number of benzene rings is 2. The lowest BCUT2D eigenvalue weighted by molar-refractivity contribution is 0.103. The SMILES string of the molecule is Cc1nc(-c2ccccc2F)sc1C(=O)Nc1ccc2c(c1)OCO2. The summed E-state index contributed by atoms with van der Waals surface area (Å²) in [6.07, 6.45) is 0. The van der Waals surface area contributed by atoms with Crippen molar-refractivity contribution in [2.45, 2.75) is 6.92 Å². The third-order valence-corrected chi connectivity index (χ3v) is 4.93. The van der Waals surface area contributed by atoms with Crippen LogP contribution in [0.2, 0.25) is 0 Å². The highest BCUT2D eigenvalue weighted by Gasteiger charge is 2.19. The van der Waals surface area contributed by atoms with E-state index in [1.54, 1.807) is 43.3 Å². The van der Waals surface area contributed by atoms with Gasteiger partial charge in [-0.15, -0.1) is 11.3 Å². The summed E-state index contributed by atoms with van der Waals surface area (Å²) in [5, 5.41) is 3.29. The maximum absolute atomic E-state index is 13.9. The minimum atomic E-state index is -0.362. The van der Waals surface area contributed by atoms with Crippen molar-refractivity contribution >= 4 is 22.9 Å². The number of carbonyl (C=O) groups excluding carboxylic acids is 1. The molecule has 0 atom stereocenters. The molecule has 2 heterocycles. The van der Waals surface area contributed by atoms with E-state index in [4.69, 9.17) is 9.47 Å². The molecule has 0 saturated carbocycles. The number of amides is 1. The molecule has 1 aliphatic heterocycles.